The lowest BCUT2D eigenvalue weighted by atomic mass is 9.85. The van der Waals surface area contributed by atoms with Crippen molar-refractivity contribution in [2.45, 2.75) is 58.7 Å². The molecule has 5 rings (SSSR count). The van der Waals surface area contributed by atoms with Crippen LogP contribution in [0.15, 0.2) is 35.3 Å². The Labute approximate surface area is 188 Å². The number of nitriles is 1. The highest BCUT2D eigenvalue weighted by Gasteiger charge is 2.30. The lowest BCUT2D eigenvalue weighted by Gasteiger charge is -2.27. The molecule has 1 saturated carbocycles. The number of benzene rings is 1. The first-order valence-electron chi connectivity index (χ1n) is 11.6. The van der Waals surface area contributed by atoms with Crippen LogP contribution >= 0.6 is 0 Å². The van der Waals surface area contributed by atoms with Crippen molar-refractivity contribution in [3.8, 4) is 6.07 Å². The van der Waals surface area contributed by atoms with E-state index in [0.29, 0.717) is 17.1 Å². The zero-order valence-electron chi connectivity index (χ0n) is 18.8. The maximum Gasteiger partial charge on any atom is 0.261 e. The summed E-state index contributed by atoms with van der Waals surface area (Å²) in [7, 11) is 0. The number of fused-ring (bicyclic) bond motifs is 2. The average molecular weight is 431 g/mol. The lowest BCUT2D eigenvalue weighted by Crippen LogP contribution is -2.23. The number of aromatic nitrogens is 3. The van der Waals surface area contributed by atoms with Crippen molar-refractivity contribution < 1.29 is 0 Å². The van der Waals surface area contributed by atoms with Crippen LogP contribution in [0.5, 0.6) is 0 Å². The van der Waals surface area contributed by atoms with Crippen LogP contribution in [0, 0.1) is 23.2 Å². The molecule has 1 aliphatic carbocycles. The number of H-pyrrole nitrogens is 1. The summed E-state index contributed by atoms with van der Waals surface area (Å²) < 4.78 is 1.91. The molecule has 7 heteroatoms. The summed E-state index contributed by atoms with van der Waals surface area (Å²) in [6.07, 6.45) is 5.60. The third-order valence-electron chi connectivity index (χ3n) is 6.72. The second kappa shape index (κ2) is 8.44. The number of aromatic amines is 1. The zero-order chi connectivity index (χ0) is 22.2. The van der Waals surface area contributed by atoms with Gasteiger partial charge in [0, 0.05) is 31.5 Å². The van der Waals surface area contributed by atoms with E-state index in [1.807, 2.05) is 10.7 Å². The molecule has 0 bridgehead atoms. The van der Waals surface area contributed by atoms with E-state index < -0.39 is 0 Å². The van der Waals surface area contributed by atoms with Crippen LogP contribution < -0.4 is 10.9 Å². The number of nitrogens with one attached hydrogen (secondary N) is 2. The molecule has 2 aromatic heterocycles. The largest absolute Gasteiger partial charge is 0.338 e. The number of pyridine rings is 1. The normalized spacial score (nSPS) is 21.1. The predicted molar refractivity (Wildman–Crippen MR) is 126 cm³/mol. The molecule has 32 heavy (non-hydrogen) atoms. The molecule has 1 aromatic carbocycles. The first kappa shape index (κ1) is 20.8. The van der Waals surface area contributed by atoms with E-state index in [9.17, 15) is 10.1 Å². The average Bonchev–Trinajstić information content (AvgIpc) is 3.34. The minimum absolute atomic E-state index is 0.00166. The van der Waals surface area contributed by atoms with Gasteiger partial charge in [0.1, 0.15) is 5.39 Å². The molecular formula is C25H30N6O. The summed E-state index contributed by atoms with van der Waals surface area (Å²) >= 11 is 0. The molecule has 2 aliphatic rings. The Morgan fingerprint density at radius 3 is 2.84 bits per heavy atom. The van der Waals surface area contributed by atoms with Crippen molar-refractivity contribution in [2.24, 2.45) is 11.8 Å². The number of hydrogen-bond acceptors (Lipinski definition) is 5. The molecule has 0 amide bonds. The monoisotopic (exact) mass is 430 g/mol. The van der Waals surface area contributed by atoms with Gasteiger partial charge in [-0.3, -0.25) is 14.4 Å². The Bertz CT molecular complexity index is 1230. The van der Waals surface area contributed by atoms with Gasteiger partial charge in [-0.2, -0.15) is 10.4 Å². The lowest BCUT2D eigenvalue weighted by molar-refractivity contribution is 0.251. The van der Waals surface area contributed by atoms with Gasteiger partial charge in [0.05, 0.1) is 23.5 Å². The fourth-order valence-electron chi connectivity index (χ4n) is 5.32. The summed E-state index contributed by atoms with van der Waals surface area (Å²) in [5, 5.41) is 18.5. The third kappa shape index (κ3) is 3.80. The van der Waals surface area contributed by atoms with E-state index in [-0.39, 0.29) is 17.5 Å². The summed E-state index contributed by atoms with van der Waals surface area (Å²) in [4.78, 5) is 18.0. The Morgan fingerprint density at radius 2 is 2.03 bits per heavy atom. The Kier molecular flexibility index (Phi) is 5.48. The number of anilines is 2. The van der Waals surface area contributed by atoms with E-state index in [2.05, 4.69) is 53.3 Å². The van der Waals surface area contributed by atoms with Crippen LogP contribution in [-0.4, -0.2) is 26.2 Å². The van der Waals surface area contributed by atoms with Crippen LogP contribution in [0.2, 0.25) is 0 Å². The van der Waals surface area contributed by atoms with Crippen molar-refractivity contribution in [3.05, 3.63) is 51.9 Å². The minimum Gasteiger partial charge on any atom is -0.338 e. The molecule has 3 aromatic rings. The fourth-order valence-corrected chi connectivity index (χ4v) is 5.32. The van der Waals surface area contributed by atoms with Crippen molar-refractivity contribution in [1.29, 1.82) is 5.26 Å². The summed E-state index contributed by atoms with van der Waals surface area (Å²) in [5.74, 6) is 1.12. The zero-order valence-corrected chi connectivity index (χ0v) is 18.8. The standard InChI is InChI=1S/C25H30N6O/c1-16(2)13-30-14-18-7-8-20(11-19(18)15-30)28-24-23-22(9-10-27-25(23)32)31(29-24)21-6-4-3-5-17(21)12-26/h7-11,16-17,21H,3-6,13-15H2,1-2H3,(H,27,32)(H,28,29). The molecule has 0 saturated heterocycles. The summed E-state index contributed by atoms with van der Waals surface area (Å²) in [6, 6.07) is 10.8. The molecule has 2 N–H and O–H groups in total. The first-order valence-corrected chi connectivity index (χ1v) is 11.6. The van der Waals surface area contributed by atoms with Gasteiger partial charge in [-0.15, -0.1) is 0 Å². The molecular weight excluding hydrogens is 400 g/mol. The van der Waals surface area contributed by atoms with Crippen LogP contribution in [0.1, 0.15) is 56.7 Å². The van der Waals surface area contributed by atoms with E-state index in [4.69, 9.17) is 5.10 Å². The second-order valence-electron chi connectivity index (χ2n) is 9.62. The van der Waals surface area contributed by atoms with Crippen molar-refractivity contribution in [1.82, 2.24) is 19.7 Å². The van der Waals surface area contributed by atoms with Gasteiger partial charge in [0.25, 0.3) is 5.56 Å². The molecule has 2 unspecified atom stereocenters. The molecule has 1 fully saturated rings. The highest BCUT2D eigenvalue weighted by molar-refractivity contribution is 5.91. The number of hydrogen-bond donors (Lipinski definition) is 2. The third-order valence-corrected chi connectivity index (χ3v) is 6.72. The van der Waals surface area contributed by atoms with Crippen LogP contribution in [0.25, 0.3) is 10.9 Å². The Hall–Kier alpha value is -3.11. The van der Waals surface area contributed by atoms with Crippen molar-refractivity contribution in [2.75, 3.05) is 11.9 Å². The fraction of sp³-hybridized carbons (Fsp3) is 0.480. The van der Waals surface area contributed by atoms with Crippen molar-refractivity contribution in [3.63, 3.8) is 0 Å². The first-order chi connectivity index (χ1) is 15.5. The van der Waals surface area contributed by atoms with Gasteiger partial charge in [-0.25, -0.2) is 0 Å². The van der Waals surface area contributed by atoms with Gasteiger partial charge in [-0.05, 0) is 48.1 Å². The smallest absolute Gasteiger partial charge is 0.261 e. The van der Waals surface area contributed by atoms with E-state index in [1.54, 1.807) is 6.20 Å². The van der Waals surface area contributed by atoms with Crippen LogP contribution in [-0.2, 0) is 13.1 Å². The SMILES string of the molecule is CC(C)CN1Cc2ccc(Nc3nn(C4CCCCC4C#N)c4cc[nH]c(=O)c34)cc2C1. The minimum atomic E-state index is -0.162. The maximum atomic E-state index is 12.7. The highest BCUT2D eigenvalue weighted by atomic mass is 16.1. The van der Waals surface area contributed by atoms with Gasteiger partial charge < -0.3 is 10.3 Å². The van der Waals surface area contributed by atoms with Crippen LogP contribution in [0.4, 0.5) is 11.5 Å². The van der Waals surface area contributed by atoms with Gasteiger partial charge in [0.2, 0.25) is 0 Å². The maximum absolute atomic E-state index is 12.7. The summed E-state index contributed by atoms with van der Waals surface area (Å²) in [5.41, 5.74) is 4.25. The molecule has 1 aliphatic heterocycles. The van der Waals surface area contributed by atoms with Gasteiger partial charge in [-0.1, -0.05) is 32.8 Å². The number of rotatable bonds is 5. The Morgan fingerprint density at radius 1 is 1.22 bits per heavy atom. The number of nitrogens with zero attached hydrogens (tertiary/aromatic N) is 4. The van der Waals surface area contributed by atoms with Crippen molar-refractivity contribution >= 4 is 22.4 Å². The Balaban J connectivity index is 1.49. The van der Waals surface area contributed by atoms with E-state index >= 15 is 0 Å². The molecule has 166 valence electrons. The highest BCUT2D eigenvalue weighted by Crippen LogP contribution is 2.37. The quantitative estimate of drug-likeness (QED) is 0.613. The summed E-state index contributed by atoms with van der Waals surface area (Å²) in [6.45, 7) is 7.52. The van der Waals surface area contributed by atoms with E-state index in [0.717, 1.165) is 56.5 Å². The molecule has 2 atom stereocenters. The molecule has 0 spiro atoms. The van der Waals surface area contributed by atoms with Crippen LogP contribution in [0.3, 0.4) is 0 Å². The van der Waals surface area contributed by atoms with Gasteiger partial charge >= 0.3 is 0 Å². The second-order valence-corrected chi connectivity index (χ2v) is 9.62. The molecule has 3 heterocycles. The van der Waals surface area contributed by atoms with E-state index in [1.165, 1.54) is 11.1 Å². The predicted octanol–water partition coefficient (Wildman–Crippen LogP) is 4.69. The van der Waals surface area contributed by atoms with Gasteiger partial charge in [0.15, 0.2) is 5.82 Å². The molecule has 7 nitrogen and oxygen atoms in total. The topological polar surface area (TPSA) is 89.7 Å². The molecule has 0 radical (unpaired) electrons.